The van der Waals surface area contributed by atoms with Crippen LogP contribution in [-0.4, -0.2) is 9.38 Å². The maximum atomic E-state index is 12.1. The summed E-state index contributed by atoms with van der Waals surface area (Å²) in [5, 5.41) is 0.587. The molecule has 0 bridgehead atoms. The van der Waals surface area contributed by atoms with E-state index in [4.69, 9.17) is 4.42 Å². The van der Waals surface area contributed by atoms with E-state index in [1.54, 1.807) is 18.4 Å². The molecule has 0 amide bonds. The molecule has 1 aromatic carbocycles. The van der Waals surface area contributed by atoms with E-state index < -0.39 is 0 Å². The number of benzene rings is 1. The van der Waals surface area contributed by atoms with Gasteiger partial charge in [-0.15, -0.1) is 0 Å². The van der Waals surface area contributed by atoms with Crippen molar-refractivity contribution in [2.24, 2.45) is 0 Å². The van der Waals surface area contributed by atoms with Crippen LogP contribution >= 0.6 is 11.3 Å². The third-order valence-corrected chi connectivity index (χ3v) is 3.84. The Morgan fingerprint density at radius 2 is 2.11 bits per heavy atom. The molecule has 0 unspecified atom stereocenters. The quantitative estimate of drug-likeness (QED) is 0.531. The minimum absolute atomic E-state index is 0.00958. The summed E-state index contributed by atoms with van der Waals surface area (Å²) in [7, 11) is 0. The van der Waals surface area contributed by atoms with Gasteiger partial charge in [0, 0.05) is 6.08 Å². The van der Waals surface area contributed by atoms with Crippen molar-refractivity contribution >= 4 is 33.4 Å². The molecular weight excluding hydrogens is 260 g/mol. The first-order valence-electron chi connectivity index (χ1n) is 5.78. The van der Waals surface area contributed by atoms with Gasteiger partial charge in [-0.1, -0.05) is 23.5 Å². The van der Waals surface area contributed by atoms with Crippen LogP contribution in [0.1, 0.15) is 5.76 Å². The first kappa shape index (κ1) is 10.5. The number of hydrogen-bond donors (Lipinski definition) is 0. The maximum absolute atomic E-state index is 12.1. The highest BCUT2D eigenvalue weighted by Crippen LogP contribution is 2.15. The van der Waals surface area contributed by atoms with Crippen molar-refractivity contribution in [1.82, 2.24) is 9.38 Å². The lowest BCUT2D eigenvalue weighted by Crippen LogP contribution is -2.23. The van der Waals surface area contributed by atoms with Crippen LogP contribution in [0.15, 0.2) is 51.9 Å². The molecule has 4 nitrogen and oxygen atoms in total. The summed E-state index contributed by atoms with van der Waals surface area (Å²) in [6, 6.07) is 11.4. The molecule has 5 heteroatoms. The highest BCUT2D eigenvalue weighted by atomic mass is 32.1. The van der Waals surface area contributed by atoms with Gasteiger partial charge in [0.15, 0.2) is 4.96 Å². The second-order valence-electron chi connectivity index (χ2n) is 4.15. The number of fused-ring (bicyclic) bond motifs is 3. The van der Waals surface area contributed by atoms with Gasteiger partial charge < -0.3 is 4.42 Å². The Kier molecular flexibility index (Phi) is 2.10. The van der Waals surface area contributed by atoms with E-state index in [0.717, 1.165) is 22.4 Å². The normalized spacial score (nSPS) is 12.7. The topological polar surface area (TPSA) is 47.5 Å². The summed E-state index contributed by atoms with van der Waals surface area (Å²) in [6.07, 6.45) is 3.34. The molecule has 0 fully saturated rings. The van der Waals surface area contributed by atoms with Crippen LogP contribution in [-0.2, 0) is 0 Å². The molecule has 0 aliphatic carbocycles. The largest absolute Gasteiger partial charge is 0.465 e. The molecular formula is C14H8N2O2S. The number of furan rings is 1. The number of aromatic nitrogens is 2. The molecule has 92 valence electrons. The van der Waals surface area contributed by atoms with Crippen molar-refractivity contribution in [2.45, 2.75) is 0 Å². The number of nitrogens with zero attached hydrogens (tertiary/aromatic N) is 2. The molecule has 0 radical (unpaired) electrons. The Labute approximate surface area is 111 Å². The molecule has 0 aliphatic rings. The molecule has 4 aromatic rings. The van der Waals surface area contributed by atoms with Crippen molar-refractivity contribution in [3.05, 3.63) is 63.3 Å². The Morgan fingerprint density at radius 1 is 1.21 bits per heavy atom. The first-order valence-corrected chi connectivity index (χ1v) is 6.60. The zero-order valence-electron chi connectivity index (χ0n) is 9.74. The van der Waals surface area contributed by atoms with E-state index in [1.165, 1.54) is 0 Å². The van der Waals surface area contributed by atoms with Gasteiger partial charge in [-0.3, -0.25) is 9.20 Å². The number of para-hydroxylation sites is 2. The molecule has 0 saturated heterocycles. The zero-order chi connectivity index (χ0) is 12.8. The summed E-state index contributed by atoms with van der Waals surface area (Å²) >= 11 is 1.15. The molecule has 0 atom stereocenters. The number of thiazole rings is 1. The smallest absolute Gasteiger partial charge is 0.259 e. The van der Waals surface area contributed by atoms with E-state index in [1.807, 2.05) is 34.7 Å². The van der Waals surface area contributed by atoms with Crippen molar-refractivity contribution in [1.29, 1.82) is 0 Å². The monoisotopic (exact) mass is 268 g/mol. The second-order valence-corrected chi connectivity index (χ2v) is 5.09. The van der Waals surface area contributed by atoms with Gasteiger partial charge in [-0.2, -0.15) is 0 Å². The van der Waals surface area contributed by atoms with Crippen LogP contribution in [0.4, 0.5) is 0 Å². The third-order valence-electron chi connectivity index (χ3n) is 2.99. The molecule has 4 rings (SSSR count). The number of hydrogen-bond acceptors (Lipinski definition) is 4. The van der Waals surface area contributed by atoms with Gasteiger partial charge in [-0.25, -0.2) is 4.98 Å². The average Bonchev–Trinajstić information content (AvgIpc) is 3.08. The summed E-state index contributed by atoms with van der Waals surface area (Å²) in [6.45, 7) is 0. The molecule has 0 N–H and O–H groups in total. The van der Waals surface area contributed by atoms with E-state index in [0.29, 0.717) is 16.1 Å². The maximum Gasteiger partial charge on any atom is 0.259 e. The zero-order valence-corrected chi connectivity index (χ0v) is 10.6. The van der Waals surface area contributed by atoms with E-state index in [9.17, 15) is 4.79 Å². The van der Waals surface area contributed by atoms with Crippen molar-refractivity contribution in [2.75, 3.05) is 0 Å². The molecule has 3 aromatic heterocycles. The lowest BCUT2D eigenvalue weighted by atomic mass is 10.3. The van der Waals surface area contributed by atoms with Gasteiger partial charge in [0.2, 0.25) is 0 Å². The summed E-state index contributed by atoms with van der Waals surface area (Å²) in [5.41, 5.74) is 1.83. The fraction of sp³-hybridized carbons (Fsp3) is 0. The van der Waals surface area contributed by atoms with E-state index in [2.05, 4.69) is 4.98 Å². The Balaban J connectivity index is 2.20. The van der Waals surface area contributed by atoms with Gasteiger partial charge in [0.25, 0.3) is 4.74 Å². The highest BCUT2D eigenvalue weighted by Gasteiger charge is 2.10. The molecule has 3 heterocycles. The SMILES string of the molecule is O=c1sc2nc3ccccc3n2c1=Cc1ccco1. The lowest BCUT2D eigenvalue weighted by Gasteiger charge is -1.89. The van der Waals surface area contributed by atoms with Crippen molar-refractivity contribution < 1.29 is 4.42 Å². The summed E-state index contributed by atoms with van der Waals surface area (Å²) in [5.74, 6) is 0.662. The minimum Gasteiger partial charge on any atom is -0.465 e. The fourth-order valence-corrected chi connectivity index (χ4v) is 3.02. The highest BCUT2D eigenvalue weighted by molar-refractivity contribution is 7.14. The second kappa shape index (κ2) is 3.80. The van der Waals surface area contributed by atoms with E-state index in [-0.39, 0.29) is 4.74 Å². The standard InChI is InChI=1S/C14H8N2O2S/c17-13-12(8-9-4-3-7-18-9)16-11-6-2-1-5-10(11)15-14(16)19-13/h1-8H. The predicted molar refractivity (Wildman–Crippen MR) is 74.3 cm³/mol. The van der Waals surface area contributed by atoms with Crippen LogP contribution in [0.2, 0.25) is 0 Å². The van der Waals surface area contributed by atoms with Crippen LogP contribution in [0, 0.1) is 0 Å². The van der Waals surface area contributed by atoms with Gasteiger partial charge in [0.1, 0.15) is 11.1 Å². The molecule has 0 aliphatic heterocycles. The Morgan fingerprint density at radius 3 is 2.95 bits per heavy atom. The fourth-order valence-electron chi connectivity index (χ4n) is 2.16. The number of rotatable bonds is 1. The van der Waals surface area contributed by atoms with Crippen LogP contribution in [0.5, 0.6) is 0 Å². The molecule has 0 saturated carbocycles. The van der Waals surface area contributed by atoms with Crippen LogP contribution < -0.4 is 10.1 Å². The molecule has 0 spiro atoms. The summed E-state index contributed by atoms with van der Waals surface area (Å²) in [4.78, 5) is 17.2. The average molecular weight is 268 g/mol. The van der Waals surface area contributed by atoms with Crippen molar-refractivity contribution in [3.8, 4) is 0 Å². The van der Waals surface area contributed by atoms with Gasteiger partial charge in [0.05, 0.1) is 17.3 Å². The Bertz CT molecular complexity index is 980. The summed E-state index contributed by atoms with van der Waals surface area (Å²) < 4.78 is 7.15. The van der Waals surface area contributed by atoms with Gasteiger partial charge >= 0.3 is 0 Å². The first-order chi connectivity index (χ1) is 9.33. The number of imidazole rings is 1. The lowest BCUT2D eigenvalue weighted by molar-refractivity contribution is 0.556. The van der Waals surface area contributed by atoms with E-state index >= 15 is 0 Å². The third kappa shape index (κ3) is 1.52. The molecule has 19 heavy (non-hydrogen) atoms. The van der Waals surface area contributed by atoms with Crippen LogP contribution in [0.3, 0.4) is 0 Å². The predicted octanol–water partition coefficient (Wildman–Crippen LogP) is 2.05. The Hall–Kier alpha value is -2.40. The van der Waals surface area contributed by atoms with Crippen molar-refractivity contribution in [3.63, 3.8) is 0 Å². The van der Waals surface area contributed by atoms with Crippen LogP contribution in [0.25, 0.3) is 22.1 Å². The van der Waals surface area contributed by atoms with Gasteiger partial charge in [-0.05, 0) is 24.3 Å². The minimum atomic E-state index is -0.00958.